The molecule has 0 aromatic heterocycles. The fraction of sp³-hybridized carbons (Fsp3) is 0.696. The molecule has 3 saturated heterocycles. The summed E-state index contributed by atoms with van der Waals surface area (Å²) in [5.74, 6) is 3.35. The molecular weight excluding hydrogens is 521 g/mol. The van der Waals surface area contributed by atoms with Gasteiger partial charge in [0.05, 0.1) is 19.3 Å². The number of thioether (sulfide) groups is 1. The molecule has 6 nitrogen and oxygen atoms in total. The first kappa shape index (κ1) is 25.1. The van der Waals surface area contributed by atoms with Crippen molar-refractivity contribution < 1.29 is 4.74 Å². The van der Waals surface area contributed by atoms with E-state index in [1.807, 2.05) is 7.05 Å². The number of aliphatic imine (C=N–C) groups is 1. The second-order valence-corrected chi connectivity index (χ2v) is 9.71. The van der Waals surface area contributed by atoms with Crippen LogP contribution in [-0.4, -0.2) is 92.3 Å². The van der Waals surface area contributed by atoms with Crippen molar-refractivity contribution >= 4 is 41.7 Å². The molecule has 0 aliphatic carbocycles. The van der Waals surface area contributed by atoms with Crippen molar-refractivity contribution in [3.8, 4) is 0 Å². The van der Waals surface area contributed by atoms with Gasteiger partial charge in [0.25, 0.3) is 0 Å². The van der Waals surface area contributed by atoms with Gasteiger partial charge in [-0.2, -0.15) is 11.8 Å². The summed E-state index contributed by atoms with van der Waals surface area (Å²) >= 11 is 2.08. The van der Waals surface area contributed by atoms with E-state index in [-0.39, 0.29) is 29.5 Å². The van der Waals surface area contributed by atoms with E-state index in [9.17, 15) is 0 Å². The number of morpholine rings is 1. The van der Waals surface area contributed by atoms with Gasteiger partial charge in [0, 0.05) is 44.5 Å². The molecule has 0 amide bonds. The quantitative estimate of drug-likeness (QED) is 0.305. The van der Waals surface area contributed by atoms with Crippen molar-refractivity contribution in [3.63, 3.8) is 0 Å². The van der Waals surface area contributed by atoms with E-state index in [4.69, 9.17) is 4.74 Å². The summed E-state index contributed by atoms with van der Waals surface area (Å²) in [6.45, 7) is 7.98. The number of hydrogen-bond donors (Lipinski definition) is 2. The Morgan fingerprint density at radius 2 is 1.87 bits per heavy atom. The molecule has 1 aromatic rings. The highest BCUT2D eigenvalue weighted by atomic mass is 127. The standard InChI is InChI=1S/C23H37N5OS.HI/c1-24-22(26-18-23(9-16-30-19-23)28-12-14-29-15-13-28)25-17-21(27-10-5-6-11-27)20-7-3-2-4-8-20;/h2-4,7-8,21H,5-6,9-19H2,1H3,(H2,24,25,26);1H. The minimum absolute atomic E-state index is 0. The molecule has 0 saturated carbocycles. The summed E-state index contributed by atoms with van der Waals surface area (Å²) in [6.07, 6.45) is 3.84. The van der Waals surface area contributed by atoms with Crippen LogP contribution in [0.4, 0.5) is 0 Å². The third kappa shape index (κ3) is 6.50. The third-order valence-electron chi connectivity index (χ3n) is 6.80. The van der Waals surface area contributed by atoms with Crippen LogP contribution in [0.5, 0.6) is 0 Å². The van der Waals surface area contributed by atoms with E-state index in [0.29, 0.717) is 6.04 Å². The molecule has 2 atom stereocenters. The van der Waals surface area contributed by atoms with Gasteiger partial charge in [0.1, 0.15) is 0 Å². The van der Waals surface area contributed by atoms with Gasteiger partial charge in [-0.3, -0.25) is 14.8 Å². The van der Waals surface area contributed by atoms with Gasteiger partial charge in [0.2, 0.25) is 0 Å². The minimum Gasteiger partial charge on any atom is -0.379 e. The molecule has 2 unspecified atom stereocenters. The minimum atomic E-state index is 0. The smallest absolute Gasteiger partial charge is 0.191 e. The number of hydrogen-bond acceptors (Lipinski definition) is 5. The van der Waals surface area contributed by atoms with Crippen molar-refractivity contribution in [1.29, 1.82) is 0 Å². The molecule has 8 heteroatoms. The summed E-state index contributed by atoms with van der Waals surface area (Å²) < 4.78 is 5.60. The Kier molecular flexibility index (Phi) is 10.2. The van der Waals surface area contributed by atoms with Crippen LogP contribution < -0.4 is 10.6 Å². The molecule has 3 fully saturated rings. The van der Waals surface area contributed by atoms with E-state index in [0.717, 1.165) is 45.4 Å². The Morgan fingerprint density at radius 1 is 1.13 bits per heavy atom. The molecule has 3 aliphatic heterocycles. The monoisotopic (exact) mass is 559 g/mol. The molecule has 0 spiro atoms. The van der Waals surface area contributed by atoms with Crippen LogP contribution in [0.15, 0.2) is 35.3 Å². The van der Waals surface area contributed by atoms with Gasteiger partial charge >= 0.3 is 0 Å². The molecule has 3 heterocycles. The van der Waals surface area contributed by atoms with Crippen molar-refractivity contribution in [1.82, 2.24) is 20.4 Å². The van der Waals surface area contributed by atoms with Gasteiger partial charge in [-0.1, -0.05) is 30.3 Å². The second-order valence-electron chi connectivity index (χ2n) is 8.60. The van der Waals surface area contributed by atoms with Gasteiger partial charge in [-0.15, -0.1) is 24.0 Å². The van der Waals surface area contributed by atoms with Gasteiger partial charge in [0.15, 0.2) is 5.96 Å². The highest BCUT2D eigenvalue weighted by Crippen LogP contribution is 2.33. The number of halogens is 1. The largest absolute Gasteiger partial charge is 0.379 e. The zero-order valence-electron chi connectivity index (χ0n) is 18.7. The van der Waals surface area contributed by atoms with Crippen LogP contribution >= 0.6 is 35.7 Å². The topological polar surface area (TPSA) is 52.1 Å². The number of likely N-dealkylation sites (tertiary alicyclic amines) is 1. The summed E-state index contributed by atoms with van der Waals surface area (Å²) in [4.78, 5) is 9.80. The first-order valence-corrected chi connectivity index (χ1v) is 12.6. The number of ether oxygens (including phenoxy) is 1. The number of guanidine groups is 1. The molecule has 0 bridgehead atoms. The van der Waals surface area contributed by atoms with Gasteiger partial charge < -0.3 is 15.4 Å². The van der Waals surface area contributed by atoms with Crippen LogP contribution in [-0.2, 0) is 4.74 Å². The number of benzene rings is 1. The van der Waals surface area contributed by atoms with Crippen molar-refractivity contribution in [2.45, 2.75) is 30.8 Å². The first-order chi connectivity index (χ1) is 14.8. The van der Waals surface area contributed by atoms with Gasteiger partial charge in [-0.05, 0) is 43.7 Å². The van der Waals surface area contributed by atoms with Crippen molar-refractivity contribution in [2.75, 3.05) is 71.0 Å². The summed E-state index contributed by atoms with van der Waals surface area (Å²) in [5, 5.41) is 7.31. The Morgan fingerprint density at radius 3 is 2.52 bits per heavy atom. The fourth-order valence-corrected chi connectivity index (χ4v) is 6.46. The molecule has 0 radical (unpaired) electrons. The van der Waals surface area contributed by atoms with Gasteiger partial charge in [-0.25, -0.2) is 0 Å². The Bertz CT molecular complexity index is 674. The zero-order chi connectivity index (χ0) is 20.7. The van der Waals surface area contributed by atoms with E-state index in [2.05, 4.69) is 67.5 Å². The Hall–Kier alpha value is -0.550. The molecule has 31 heavy (non-hydrogen) atoms. The first-order valence-electron chi connectivity index (χ1n) is 11.4. The summed E-state index contributed by atoms with van der Waals surface area (Å²) in [5.41, 5.74) is 1.61. The number of nitrogens with zero attached hydrogens (tertiary/aromatic N) is 3. The van der Waals surface area contributed by atoms with Crippen LogP contribution in [0.2, 0.25) is 0 Å². The SMILES string of the molecule is CN=C(NCC(c1ccccc1)N1CCCC1)NCC1(N2CCOCC2)CCSC1.I. The molecule has 174 valence electrons. The lowest BCUT2D eigenvalue weighted by Gasteiger charge is -2.43. The predicted octanol–water partition coefficient (Wildman–Crippen LogP) is 2.81. The fourth-order valence-electron chi connectivity index (χ4n) is 4.98. The van der Waals surface area contributed by atoms with Crippen LogP contribution in [0.25, 0.3) is 0 Å². The van der Waals surface area contributed by atoms with Crippen molar-refractivity contribution in [3.05, 3.63) is 35.9 Å². The molecule has 4 rings (SSSR count). The van der Waals surface area contributed by atoms with Crippen LogP contribution in [0, 0.1) is 0 Å². The normalized spacial score (nSPS) is 26.4. The molecule has 1 aromatic carbocycles. The lowest BCUT2D eigenvalue weighted by molar-refractivity contribution is -0.0120. The predicted molar refractivity (Wildman–Crippen MR) is 142 cm³/mol. The highest BCUT2D eigenvalue weighted by Gasteiger charge is 2.40. The molecule has 3 aliphatic rings. The maximum Gasteiger partial charge on any atom is 0.191 e. The highest BCUT2D eigenvalue weighted by molar-refractivity contribution is 14.0. The van der Waals surface area contributed by atoms with E-state index < -0.39 is 0 Å². The maximum absolute atomic E-state index is 5.60. The number of rotatable bonds is 7. The van der Waals surface area contributed by atoms with E-state index in [1.54, 1.807) is 0 Å². The second kappa shape index (κ2) is 12.6. The van der Waals surface area contributed by atoms with Crippen LogP contribution in [0.3, 0.4) is 0 Å². The number of nitrogens with one attached hydrogen (secondary N) is 2. The zero-order valence-corrected chi connectivity index (χ0v) is 21.9. The Labute approximate surface area is 209 Å². The molecular formula is C23H38IN5OS. The van der Waals surface area contributed by atoms with Crippen molar-refractivity contribution in [2.24, 2.45) is 4.99 Å². The lowest BCUT2D eigenvalue weighted by atomic mass is 9.95. The average Bonchev–Trinajstić information content (AvgIpc) is 3.51. The maximum atomic E-state index is 5.60. The molecule has 2 N–H and O–H groups in total. The van der Waals surface area contributed by atoms with Crippen LogP contribution in [0.1, 0.15) is 30.9 Å². The lowest BCUT2D eigenvalue weighted by Crippen LogP contribution is -2.60. The average molecular weight is 560 g/mol. The van der Waals surface area contributed by atoms with E-state index >= 15 is 0 Å². The van der Waals surface area contributed by atoms with E-state index in [1.165, 1.54) is 49.4 Å². The summed E-state index contributed by atoms with van der Waals surface area (Å²) in [6, 6.07) is 11.3. The third-order valence-corrected chi connectivity index (χ3v) is 8.04. The Balaban J connectivity index is 0.00000272. The summed E-state index contributed by atoms with van der Waals surface area (Å²) in [7, 11) is 1.88.